The first-order valence-corrected chi connectivity index (χ1v) is 6.86. The minimum Gasteiger partial charge on any atom is -0.317 e. The molecule has 15 heavy (non-hydrogen) atoms. The fourth-order valence-electron chi connectivity index (χ4n) is 1.50. The quantitative estimate of drug-likeness (QED) is 0.598. The smallest absolute Gasteiger partial charge is 0.0130 e. The third-order valence-electron chi connectivity index (χ3n) is 2.44. The maximum Gasteiger partial charge on any atom is 0.0130 e. The van der Waals surface area contributed by atoms with Gasteiger partial charge in [-0.3, -0.25) is 0 Å². The van der Waals surface area contributed by atoms with Gasteiger partial charge in [-0.1, -0.05) is 25.5 Å². The third-order valence-corrected chi connectivity index (χ3v) is 3.16. The Labute approximate surface area is 107 Å². The van der Waals surface area contributed by atoms with Gasteiger partial charge >= 0.3 is 0 Å². The maximum absolute atomic E-state index is 3.47. The number of rotatable bonds is 7. The highest BCUT2D eigenvalue weighted by Crippen LogP contribution is 2.08. The minimum absolute atomic E-state index is 1.14. The van der Waals surface area contributed by atoms with Gasteiger partial charge in [0.2, 0.25) is 0 Å². The van der Waals surface area contributed by atoms with E-state index < -0.39 is 0 Å². The summed E-state index contributed by atoms with van der Waals surface area (Å²) in [7, 11) is 0. The molecule has 1 N–H and O–H groups in total. The molecule has 0 heterocycles. The fourth-order valence-corrected chi connectivity index (χ4v) is 1.85. The molecule has 0 saturated carbocycles. The van der Waals surface area contributed by atoms with Gasteiger partial charge in [0.15, 0.2) is 0 Å². The van der Waals surface area contributed by atoms with Crippen LogP contribution in [-0.4, -0.2) is 13.1 Å². The number of unbranched alkanes of at least 4 members (excludes halogenated alkanes) is 1. The third kappa shape index (κ3) is 6.15. The molecule has 0 unspecified atom stereocenters. The molecule has 1 aromatic rings. The van der Waals surface area contributed by atoms with Crippen molar-refractivity contribution in [3.05, 3.63) is 33.4 Å². The molecule has 0 spiro atoms. The van der Waals surface area contributed by atoms with Crippen LogP contribution < -0.4 is 5.32 Å². The predicted octanol–water partition coefficient (Wildman–Crippen LogP) is 3.61. The van der Waals surface area contributed by atoms with E-state index >= 15 is 0 Å². The molecule has 2 heteroatoms. The Balaban J connectivity index is 2.07. The van der Waals surface area contributed by atoms with Crippen LogP contribution in [-0.2, 0) is 6.42 Å². The summed E-state index contributed by atoms with van der Waals surface area (Å²) in [6.07, 6.45) is 5.01. The number of aryl methyl sites for hydroxylation is 1. The van der Waals surface area contributed by atoms with Gasteiger partial charge < -0.3 is 5.32 Å². The van der Waals surface area contributed by atoms with E-state index in [1.54, 1.807) is 0 Å². The van der Waals surface area contributed by atoms with Gasteiger partial charge in [0.25, 0.3) is 0 Å². The lowest BCUT2D eigenvalue weighted by molar-refractivity contribution is 0.617. The Kier molecular flexibility index (Phi) is 7.01. The Morgan fingerprint density at radius 3 is 2.40 bits per heavy atom. The van der Waals surface area contributed by atoms with E-state index in [1.165, 1.54) is 41.4 Å². The highest BCUT2D eigenvalue weighted by Gasteiger charge is 1.93. The number of hydrogen-bond acceptors (Lipinski definition) is 1. The maximum atomic E-state index is 3.47. The molecule has 0 atom stereocenters. The normalized spacial score (nSPS) is 10.5. The van der Waals surface area contributed by atoms with E-state index in [0.717, 1.165) is 6.54 Å². The van der Waals surface area contributed by atoms with Crippen LogP contribution in [0, 0.1) is 3.57 Å². The second-order valence-corrected chi connectivity index (χ2v) is 5.08. The summed E-state index contributed by atoms with van der Waals surface area (Å²) in [6, 6.07) is 8.82. The first-order valence-electron chi connectivity index (χ1n) is 5.78. The van der Waals surface area contributed by atoms with Crippen molar-refractivity contribution >= 4 is 22.6 Å². The molecule has 0 amide bonds. The van der Waals surface area contributed by atoms with E-state index in [0.29, 0.717) is 0 Å². The van der Waals surface area contributed by atoms with Crippen molar-refractivity contribution in [2.24, 2.45) is 0 Å². The van der Waals surface area contributed by atoms with Crippen LogP contribution >= 0.6 is 22.6 Å². The molecule has 0 fully saturated rings. The van der Waals surface area contributed by atoms with Crippen LogP contribution in [0.5, 0.6) is 0 Å². The summed E-state index contributed by atoms with van der Waals surface area (Å²) >= 11 is 2.34. The van der Waals surface area contributed by atoms with E-state index in [9.17, 15) is 0 Å². The Hall–Kier alpha value is -0.0900. The minimum atomic E-state index is 1.14. The zero-order chi connectivity index (χ0) is 10.9. The van der Waals surface area contributed by atoms with Crippen molar-refractivity contribution in [3.63, 3.8) is 0 Å². The highest BCUT2D eigenvalue weighted by atomic mass is 127. The van der Waals surface area contributed by atoms with Crippen LogP contribution in [0.2, 0.25) is 0 Å². The molecule has 1 rings (SSSR count). The van der Waals surface area contributed by atoms with Crippen molar-refractivity contribution in [1.82, 2.24) is 5.32 Å². The van der Waals surface area contributed by atoms with Gasteiger partial charge in [-0.15, -0.1) is 0 Å². The molecule has 0 saturated heterocycles. The van der Waals surface area contributed by atoms with Gasteiger partial charge in [0.05, 0.1) is 0 Å². The highest BCUT2D eigenvalue weighted by molar-refractivity contribution is 14.1. The van der Waals surface area contributed by atoms with Crippen LogP contribution in [0.3, 0.4) is 0 Å². The van der Waals surface area contributed by atoms with Crippen molar-refractivity contribution in [2.45, 2.75) is 32.6 Å². The molecule has 0 aliphatic rings. The summed E-state index contributed by atoms with van der Waals surface area (Å²) < 4.78 is 1.32. The molecule has 0 aliphatic heterocycles. The average molecular weight is 317 g/mol. The average Bonchev–Trinajstić information content (AvgIpc) is 2.26. The van der Waals surface area contributed by atoms with Crippen LogP contribution in [0.15, 0.2) is 24.3 Å². The first kappa shape index (κ1) is 13.0. The van der Waals surface area contributed by atoms with Crippen molar-refractivity contribution in [2.75, 3.05) is 13.1 Å². The van der Waals surface area contributed by atoms with Gasteiger partial charge in [-0.25, -0.2) is 0 Å². The lowest BCUT2D eigenvalue weighted by atomic mass is 10.1. The van der Waals surface area contributed by atoms with Gasteiger partial charge in [-0.05, 0) is 72.6 Å². The number of hydrogen-bond donors (Lipinski definition) is 1. The SMILES string of the molecule is CCCCNCCCc1ccc(I)cc1. The summed E-state index contributed by atoms with van der Waals surface area (Å²) in [5.74, 6) is 0. The fraction of sp³-hybridized carbons (Fsp3) is 0.538. The second kappa shape index (κ2) is 8.11. The number of benzene rings is 1. The molecule has 0 aliphatic carbocycles. The lowest BCUT2D eigenvalue weighted by Crippen LogP contribution is -2.16. The topological polar surface area (TPSA) is 12.0 Å². The van der Waals surface area contributed by atoms with E-state index in [-0.39, 0.29) is 0 Å². The number of halogens is 1. The summed E-state index contributed by atoms with van der Waals surface area (Å²) in [6.45, 7) is 4.54. The molecule has 0 aromatic heterocycles. The van der Waals surface area contributed by atoms with Crippen molar-refractivity contribution in [1.29, 1.82) is 0 Å². The first-order chi connectivity index (χ1) is 7.33. The molecule has 1 nitrogen and oxygen atoms in total. The van der Waals surface area contributed by atoms with E-state index in [2.05, 4.69) is 59.1 Å². The second-order valence-electron chi connectivity index (χ2n) is 3.83. The zero-order valence-corrected chi connectivity index (χ0v) is 11.6. The zero-order valence-electron chi connectivity index (χ0n) is 9.43. The Bertz CT molecular complexity index is 256. The predicted molar refractivity (Wildman–Crippen MR) is 75.3 cm³/mol. The molecule has 0 bridgehead atoms. The van der Waals surface area contributed by atoms with Crippen LogP contribution in [0.25, 0.3) is 0 Å². The monoisotopic (exact) mass is 317 g/mol. The molecule has 0 radical (unpaired) electrons. The molecular formula is C13H20IN. The molecular weight excluding hydrogens is 297 g/mol. The lowest BCUT2D eigenvalue weighted by Gasteiger charge is -2.04. The Morgan fingerprint density at radius 2 is 1.73 bits per heavy atom. The standard InChI is InChI=1S/C13H20IN/c1-2-3-10-15-11-4-5-12-6-8-13(14)9-7-12/h6-9,15H,2-5,10-11H2,1H3. The molecule has 1 aromatic carbocycles. The van der Waals surface area contributed by atoms with E-state index in [4.69, 9.17) is 0 Å². The van der Waals surface area contributed by atoms with E-state index in [1.807, 2.05) is 0 Å². The van der Waals surface area contributed by atoms with Crippen LogP contribution in [0.4, 0.5) is 0 Å². The Morgan fingerprint density at radius 1 is 1.07 bits per heavy atom. The van der Waals surface area contributed by atoms with Crippen LogP contribution in [0.1, 0.15) is 31.7 Å². The van der Waals surface area contributed by atoms with Crippen molar-refractivity contribution in [3.8, 4) is 0 Å². The molecule has 84 valence electrons. The van der Waals surface area contributed by atoms with Crippen molar-refractivity contribution < 1.29 is 0 Å². The summed E-state index contributed by atoms with van der Waals surface area (Å²) in [4.78, 5) is 0. The van der Waals surface area contributed by atoms with Gasteiger partial charge in [-0.2, -0.15) is 0 Å². The largest absolute Gasteiger partial charge is 0.317 e. The number of nitrogens with one attached hydrogen (secondary N) is 1. The van der Waals surface area contributed by atoms with Gasteiger partial charge in [0.1, 0.15) is 0 Å². The summed E-state index contributed by atoms with van der Waals surface area (Å²) in [5.41, 5.74) is 1.45. The van der Waals surface area contributed by atoms with Gasteiger partial charge in [0, 0.05) is 3.57 Å². The summed E-state index contributed by atoms with van der Waals surface area (Å²) in [5, 5.41) is 3.47.